The predicted octanol–water partition coefficient (Wildman–Crippen LogP) is 3.20. The summed E-state index contributed by atoms with van der Waals surface area (Å²) in [5.41, 5.74) is 0.989. The first-order valence-electron chi connectivity index (χ1n) is 6.82. The van der Waals surface area contributed by atoms with E-state index in [9.17, 15) is 9.90 Å². The fourth-order valence-electron chi connectivity index (χ4n) is 1.92. The molecule has 20 heavy (non-hydrogen) atoms. The SMILES string of the molecule is CC(O)CN(C(=O)NC(C)c1ccc(Cl)cc1)C(C)C. The normalized spacial score (nSPS) is 13.9. The van der Waals surface area contributed by atoms with Crippen molar-refractivity contribution in [2.75, 3.05) is 6.54 Å². The smallest absolute Gasteiger partial charge is 0.318 e. The Hall–Kier alpha value is -1.26. The molecule has 0 radical (unpaired) electrons. The molecule has 0 fully saturated rings. The highest BCUT2D eigenvalue weighted by Gasteiger charge is 2.20. The highest BCUT2D eigenvalue weighted by molar-refractivity contribution is 6.30. The lowest BCUT2D eigenvalue weighted by Gasteiger charge is -2.29. The Morgan fingerprint density at radius 2 is 1.80 bits per heavy atom. The molecule has 2 N–H and O–H groups in total. The van der Waals surface area contributed by atoms with Gasteiger partial charge in [0.1, 0.15) is 0 Å². The van der Waals surface area contributed by atoms with Crippen LogP contribution in [0, 0.1) is 0 Å². The van der Waals surface area contributed by atoms with Crippen LogP contribution in [0.5, 0.6) is 0 Å². The maximum atomic E-state index is 12.2. The minimum atomic E-state index is -0.547. The van der Waals surface area contributed by atoms with Crippen molar-refractivity contribution < 1.29 is 9.90 Å². The van der Waals surface area contributed by atoms with Crippen LogP contribution in [0.15, 0.2) is 24.3 Å². The van der Waals surface area contributed by atoms with E-state index in [1.54, 1.807) is 24.0 Å². The van der Waals surface area contributed by atoms with Crippen molar-refractivity contribution in [3.05, 3.63) is 34.9 Å². The van der Waals surface area contributed by atoms with Crippen molar-refractivity contribution in [2.24, 2.45) is 0 Å². The second-order valence-electron chi connectivity index (χ2n) is 5.32. The zero-order chi connectivity index (χ0) is 15.3. The first-order chi connectivity index (χ1) is 9.31. The van der Waals surface area contributed by atoms with Crippen LogP contribution in [0.4, 0.5) is 4.79 Å². The molecule has 112 valence electrons. The number of urea groups is 1. The number of amides is 2. The van der Waals surface area contributed by atoms with E-state index in [0.29, 0.717) is 11.6 Å². The number of aliphatic hydroxyl groups excluding tert-OH is 1. The Labute approximate surface area is 125 Å². The predicted molar refractivity (Wildman–Crippen MR) is 81.9 cm³/mol. The molecule has 0 aliphatic carbocycles. The second-order valence-corrected chi connectivity index (χ2v) is 5.75. The van der Waals surface area contributed by atoms with Gasteiger partial charge in [-0.25, -0.2) is 4.79 Å². The monoisotopic (exact) mass is 298 g/mol. The number of hydrogen-bond acceptors (Lipinski definition) is 2. The van der Waals surface area contributed by atoms with Gasteiger partial charge < -0.3 is 15.3 Å². The lowest BCUT2D eigenvalue weighted by molar-refractivity contribution is 0.117. The summed E-state index contributed by atoms with van der Waals surface area (Å²) in [4.78, 5) is 13.9. The van der Waals surface area contributed by atoms with Crippen LogP contribution < -0.4 is 5.32 Å². The Morgan fingerprint density at radius 3 is 2.25 bits per heavy atom. The molecule has 1 aromatic rings. The third-order valence-corrected chi connectivity index (χ3v) is 3.31. The first-order valence-corrected chi connectivity index (χ1v) is 7.19. The zero-order valence-corrected chi connectivity index (χ0v) is 13.2. The van der Waals surface area contributed by atoms with E-state index in [1.165, 1.54) is 0 Å². The largest absolute Gasteiger partial charge is 0.392 e. The lowest BCUT2D eigenvalue weighted by atomic mass is 10.1. The van der Waals surface area contributed by atoms with Crippen LogP contribution in [0.3, 0.4) is 0 Å². The van der Waals surface area contributed by atoms with E-state index in [1.807, 2.05) is 32.9 Å². The molecule has 1 aromatic carbocycles. The maximum Gasteiger partial charge on any atom is 0.318 e. The van der Waals surface area contributed by atoms with Gasteiger partial charge in [0.15, 0.2) is 0 Å². The van der Waals surface area contributed by atoms with E-state index in [4.69, 9.17) is 11.6 Å². The van der Waals surface area contributed by atoms with E-state index in [0.717, 1.165) is 5.56 Å². The molecular weight excluding hydrogens is 276 g/mol. The van der Waals surface area contributed by atoms with Crippen molar-refractivity contribution in [1.82, 2.24) is 10.2 Å². The quantitative estimate of drug-likeness (QED) is 0.877. The van der Waals surface area contributed by atoms with Crippen molar-refractivity contribution in [2.45, 2.75) is 45.9 Å². The Bertz CT molecular complexity index is 432. The second kappa shape index (κ2) is 7.50. The van der Waals surface area contributed by atoms with E-state index in [-0.39, 0.29) is 18.1 Å². The highest BCUT2D eigenvalue weighted by atomic mass is 35.5. The summed E-state index contributed by atoms with van der Waals surface area (Å²) < 4.78 is 0. The van der Waals surface area contributed by atoms with Gasteiger partial charge in [-0.3, -0.25) is 0 Å². The number of halogens is 1. The molecule has 4 nitrogen and oxygen atoms in total. The van der Waals surface area contributed by atoms with Crippen molar-refractivity contribution >= 4 is 17.6 Å². The van der Waals surface area contributed by atoms with Gasteiger partial charge in [-0.1, -0.05) is 23.7 Å². The average Bonchev–Trinajstić information content (AvgIpc) is 2.35. The van der Waals surface area contributed by atoms with Crippen LogP contribution >= 0.6 is 11.6 Å². The number of nitrogens with one attached hydrogen (secondary N) is 1. The topological polar surface area (TPSA) is 52.6 Å². The number of rotatable bonds is 5. The van der Waals surface area contributed by atoms with Crippen molar-refractivity contribution in [3.8, 4) is 0 Å². The van der Waals surface area contributed by atoms with Gasteiger partial charge >= 0.3 is 6.03 Å². The Kier molecular flexibility index (Phi) is 6.30. The summed E-state index contributed by atoms with van der Waals surface area (Å²) in [7, 11) is 0. The fourth-order valence-corrected chi connectivity index (χ4v) is 2.04. The third kappa shape index (κ3) is 5.02. The fraction of sp³-hybridized carbons (Fsp3) is 0.533. The van der Waals surface area contributed by atoms with Gasteiger partial charge in [-0.15, -0.1) is 0 Å². The van der Waals surface area contributed by atoms with Gasteiger partial charge in [-0.05, 0) is 45.4 Å². The number of carbonyl (C=O) groups is 1. The summed E-state index contributed by atoms with van der Waals surface area (Å²) in [6.45, 7) is 7.76. The van der Waals surface area contributed by atoms with Crippen LogP contribution in [0.1, 0.15) is 39.3 Å². The zero-order valence-electron chi connectivity index (χ0n) is 12.4. The molecule has 2 amide bonds. The van der Waals surface area contributed by atoms with E-state index < -0.39 is 6.10 Å². The summed E-state index contributed by atoms with van der Waals surface area (Å²) in [5.74, 6) is 0. The number of benzene rings is 1. The molecule has 0 bridgehead atoms. The van der Waals surface area contributed by atoms with Crippen LogP contribution in [0.25, 0.3) is 0 Å². The van der Waals surface area contributed by atoms with Gasteiger partial charge in [-0.2, -0.15) is 0 Å². The number of aliphatic hydroxyl groups is 1. The van der Waals surface area contributed by atoms with Crippen LogP contribution in [-0.4, -0.2) is 34.7 Å². The molecule has 0 saturated heterocycles. The van der Waals surface area contributed by atoms with Gasteiger partial charge in [0, 0.05) is 17.6 Å². The highest BCUT2D eigenvalue weighted by Crippen LogP contribution is 2.16. The van der Waals surface area contributed by atoms with E-state index in [2.05, 4.69) is 5.32 Å². The van der Waals surface area contributed by atoms with E-state index >= 15 is 0 Å². The number of hydrogen-bond donors (Lipinski definition) is 2. The van der Waals surface area contributed by atoms with Crippen molar-refractivity contribution in [3.63, 3.8) is 0 Å². The molecule has 0 aliphatic heterocycles. The number of carbonyl (C=O) groups excluding carboxylic acids is 1. The minimum Gasteiger partial charge on any atom is -0.392 e. The third-order valence-electron chi connectivity index (χ3n) is 3.06. The first kappa shape index (κ1) is 16.8. The molecule has 0 aromatic heterocycles. The molecule has 0 heterocycles. The van der Waals surface area contributed by atoms with Gasteiger partial charge in [0.2, 0.25) is 0 Å². The molecule has 5 heteroatoms. The van der Waals surface area contributed by atoms with Crippen molar-refractivity contribution in [1.29, 1.82) is 0 Å². The molecule has 2 unspecified atom stereocenters. The lowest BCUT2D eigenvalue weighted by Crippen LogP contribution is -2.47. The summed E-state index contributed by atoms with van der Waals surface area (Å²) in [5, 5.41) is 13.1. The number of nitrogens with zero attached hydrogens (tertiary/aromatic N) is 1. The Morgan fingerprint density at radius 1 is 1.25 bits per heavy atom. The summed E-state index contributed by atoms with van der Waals surface area (Å²) in [6.07, 6.45) is -0.547. The van der Waals surface area contributed by atoms with Crippen LogP contribution in [-0.2, 0) is 0 Å². The van der Waals surface area contributed by atoms with Gasteiger partial charge in [0.25, 0.3) is 0 Å². The van der Waals surface area contributed by atoms with Gasteiger partial charge in [0.05, 0.1) is 12.1 Å². The molecular formula is C15H23ClN2O2. The molecule has 0 aliphatic rings. The Balaban J connectivity index is 2.69. The molecule has 0 spiro atoms. The standard InChI is InChI=1S/C15H23ClN2O2/c1-10(2)18(9-11(3)19)15(20)17-12(4)13-5-7-14(16)8-6-13/h5-8,10-12,19H,9H2,1-4H3,(H,17,20). The summed E-state index contributed by atoms with van der Waals surface area (Å²) in [6, 6.07) is 7.12. The molecule has 2 atom stereocenters. The summed E-state index contributed by atoms with van der Waals surface area (Å²) >= 11 is 5.85. The molecule has 1 rings (SSSR count). The average molecular weight is 299 g/mol. The molecule has 0 saturated carbocycles. The van der Waals surface area contributed by atoms with Crippen LogP contribution in [0.2, 0.25) is 5.02 Å². The minimum absolute atomic E-state index is 0.0296. The maximum absolute atomic E-state index is 12.2.